The molecule has 0 radical (unpaired) electrons. The second kappa shape index (κ2) is 8.35. The molecule has 1 aliphatic carbocycles. The van der Waals surface area contributed by atoms with Crippen LogP contribution in [0.25, 0.3) is 0 Å². The van der Waals surface area contributed by atoms with Gasteiger partial charge in [-0.2, -0.15) is 0 Å². The Balaban J connectivity index is 1.29. The summed E-state index contributed by atoms with van der Waals surface area (Å²) in [5, 5.41) is 3.05. The summed E-state index contributed by atoms with van der Waals surface area (Å²) in [6.07, 6.45) is 2.29. The molecule has 1 heterocycles. The van der Waals surface area contributed by atoms with Crippen molar-refractivity contribution in [2.75, 3.05) is 53.0 Å². The monoisotopic (exact) mass is 333 g/mol. The van der Waals surface area contributed by atoms with Crippen LogP contribution < -0.4 is 14.8 Å². The Morgan fingerprint density at radius 1 is 1.08 bits per heavy atom. The summed E-state index contributed by atoms with van der Waals surface area (Å²) in [5.74, 6) is 1.88. The van der Waals surface area contributed by atoms with Crippen LogP contribution >= 0.6 is 0 Å². The van der Waals surface area contributed by atoms with Crippen molar-refractivity contribution in [1.82, 2.24) is 15.1 Å². The number of benzene rings is 1. The highest BCUT2D eigenvalue weighted by atomic mass is 16.5. The van der Waals surface area contributed by atoms with Gasteiger partial charge in [-0.1, -0.05) is 0 Å². The first-order valence-corrected chi connectivity index (χ1v) is 8.74. The lowest BCUT2D eigenvalue weighted by atomic mass is 10.3. The van der Waals surface area contributed by atoms with E-state index in [9.17, 15) is 4.79 Å². The minimum atomic E-state index is 0.175. The van der Waals surface area contributed by atoms with Crippen LogP contribution in [0.2, 0.25) is 0 Å². The zero-order valence-electron chi connectivity index (χ0n) is 14.4. The summed E-state index contributed by atoms with van der Waals surface area (Å²) >= 11 is 0. The first kappa shape index (κ1) is 17.0. The van der Waals surface area contributed by atoms with E-state index in [-0.39, 0.29) is 5.91 Å². The van der Waals surface area contributed by atoms with Gasteiger partial charge in [-0.15, -0.1) is 0 Å². The molecule has 6 nitrogen and oxygen atoms in total. The maximum Gasteiger partial charge on any atom is 0.234 e. The van der Waals surface area contributed by atoms with E-state index in [4.69, 9.17) is 9.47 Å². The van der Waals surface area contributed by atoms with E-state index >= 15 is 0 Å². The van der Waals surface area contributed by atoms with Gasteiger partial charge in [0.2, 0.25) is 5.91 Å². The number of nitrogens with one attached hydrogen (secondary N) is 1. The molecule has 0 bridgehead atoms. The highest BCUT2D eigenvalue weighted by Gasteiger charge is 2.25. The van der Waals surface area contributed by atoms with Crippen molar-refractivity contribution < 1.29 is 14.3 Å². The Kier molecular flexibility index (Phi) is 5.93. The zero-order chi connectivity index (χ0) is 16.8. The molecule has 1 aliphatic heterocycles. The Morgan fingerprint density at radius 2 is 1.71 bits per heavy atom. The summed E-state index contributed by atoms with van der Waals surface area (Å²) in [5.41, 5.74) is 0. The van der Waals surface area contributed by atoms with Crippen LogP contribution in [0.4, 0.5) is 0 Å². The maximum absolute atomic E-state index is 11.8. The van der Waals surface area contributed by atoms with Crippen molar-refractivity contribution in [3.05, 3.63) is 24.3 Å². The minimum Gasteiger partial charge on any atom is -0.497 e. The first-order chi connectivity index (χ1) is 11.7. The Hall–Kier alpha value is -1.79. The summed E-state index contributed by atoms with van der Waals surface area (Å²) in [6.45, 7) is 5.99. The molecule has 132 valence electrons. The standard InChI is InChI=1S/C18H27N3O3/c1-23-16-4-6-17(7-5-16)24-13-12-20-8-10-21(11-9-20)14-18(22)19-15-2-3-15/h4-7,15H,2-3,8-14H2,1H3,(H,19,22). The molecule has 0 spiro atoms. The molecule has 1 N–H and O–H groups in total. The number of carbonyl (C=O) groups excluding carboxylic acids is 1. The van der Waals surface area contributed by atoms with Crippen LogP contribution in [-0.4, -0.2) is 74.7 Å². The third kappa shape index (κ3) is 5.39. The molecule has 24 heavy (non-hydrogen) atoms. The van der Waals surface area contributed by atoms with Crippen molar-refractivity contribution in [2.24, 2.45) is 0 Å². The molecular formula is C18H27N3O3. The van der Waals surface area contributed by atoms with Crippen molar-refractivity contribution in [2.45, 2.75) is 18.9 Å². The third-order valence-corrected chi connectivity index (χ3v) is 4.51. The van der Waals surface area contributed by atoms with Crippen molar-refractivity contribution in [3.8, 4) is 11.5 Å². The quantitative estimate of drug-likeness (QED) is 0.768. The lowest BCUT2D eigenvalue weighted by molar-refractivity contribution is -0.122. The predicted octanol–water partition coefficient (Wildman–Crippen LogP) is 0.970. The SMILES string of the molecule is COc1ccc(OCCN2CCN(CC(=O)NC3CC3)CC2)cc1. The molecule has 0 unspecified atom stereocenters. The van der Waals surface area contributed by atoms with Crippen LogP contribution in [0.15, 0.2) is 24.3 Å². The molecule has 1 aromatic rings. The molecule has 1 aromatic carbocycles. The number of methoxy groups -OCH3 is 1. The molecule has 0 atom stereocenters. The van der Waals surface area contributed by atoms with Gasteiger partial charge in [0, 0.05) is 38.8 Å². The van der Waals surface area contributed by atoms with Crippen LogP contribution in [-0.2, 0) is 4.79 Å². The molecule has 2 aliphatic rings. The average molecular weight is 333 g/mol. The Morgan fingerprint density at radius 3 is 2.33 bits per heavy atom. The Labute approximate surface area is 143 Å². The van der Waals surface area contributed by atoms with Gasteiger partial charge in [-0.25, -0.2) is 0 Å². The number of rotatable bonds is 8. The molecule has 1 saturated carbocycles. The van der Waals surface area contributed by atoms with Crippen LogP contribution in [0, 0.1) is 0 Å². The van der Waals surface area contributed by atoms with Crippen LogP contribution in [0.3, 0.4) is 0 Å². The van der Waals surface area contributed by atoms with E-state index in [1.54, 1.807) is 7.11 Å². The summed E-state index contributed by atoms with van der Waals surface area (Å²) in [4.78, 5) is 16.4. The topological polar surface area (TPSA) is 54.0 Å². The molecule has 1 amide bonds. The van der Waals surface area contributed by atoms with E-state index in [1.165, 1.54) is 0 Å². The highest BCUT2D eigenvalue weighted by molar-refractivity contribution is 5.78. The second-order valence-corrected chi connectivity index (χ2v) is 6.48. The summed E-state index contributed by atoms with van der Waals surface area (Å²) in [7, 11) is 1.66. The summed E-state index contributed by atoms with van der Waals surface area (Å²) < 4.78 is 10.9. The fraction of sp³-hybridized carbons (Fsp3) is 0.611. The van der Waals surface area contributed by atoms with Crippen LogP contribution in [0.5, 0.6) is 11.5 Å². The average Bonchev–Trinajstić information content (AvgIpc) is 3.41. The van der Waals surface area contributed by atoms with Gasteiger partial charge in [-0.05, 0) is 37.1 Å². The van der Waals surface area contributed by atoms with Gasteiger partial charge in [0.1, 0.15) is 18.1 Å². The minimum absolute atomic E-state index is 0.175. The van der Waals surface area contributed by atoms with Gasteiger partial charge >= 0.3 is 0 Å². The molecule has 3 rings (SSSR count). The number of hydrogen-bond donors (Lipinski definition) is 1. The number of nitrogens with zero attached hydrogens (tertiary/aromatic N) is 2. The lowest BCUT2D eigenvalue weighted by Gasteiger charge is -2.34. The van der Waals surface area contributed by atoms with Crippen LogP contribution in [0.1, 0.15) is 12.8 Å². The van der Waals surface area contributed by atoms with Crippen molar-refractivity contribution >= 4 is 5.91 Å². The first-order valence-electron chi connectivity index (χ1n) is 8.74. The van der Waals surface area contributed by atoms with Gasteiger partial charge in [-0.3, -0.25) is 14.6 Å². The van der Waals surface area contributed by atoms with E-state index in [2.05, 4.69) is 15.1 Å². The smallest absolute Gasteiger partial charge is 0.234 e. The Bertz CT molecular complexity index is 523. The van der Waals surface area contributed by atoms with E-state index in [0.717, 1.165) is 57.1 Å². The van der Waals surface area contributed by atoms with Crippen molar-refractivity contribution in [3.63, 3.8) is 0 Å². The number of hydrogen-bond acceptors (Lipinski definition) is 5. The predicted molar refractivity (Wildman–Crippen MR) is 92.5 cm³/mol. The van der Waals surface area contributed by atoms with E-state index < -0.39 is 0 Å². The number of carbonyl (C=O) groups is 1. The van der Waals surface area contributed by atoms with Gasteiger partial charge in [0.25, 0.3) is 0 Å². The molecule has 1 saturated heterocycles. The largest absolute Gasteiger partial charge is 0.497 e. The molecule has 2 fully saturated rings. The maximum atomic E-state index is 11.8. The highest BCUT2D eigenvalue weighted by Crippen LogP contribution is 2.18. The van der Waals surface area contributed by atoms with Gasteiger partial charge in [0.05, 0.1) is 13.7 Å². The van der Waals surface area contributed by atoms with E-state index in [1.807, 2.05) is 24.3 Å². The third-order valence-electron chi connectivity index (χ3n) is 4.51. The molecule has 6 heteroatoms. The van der Waals surface area contributed by atoms with Gasteiger partial charge < -0.3 is 14.8 Å². The number of ether oxygens (including phenoxy) is 2. The lowest BCUT2D eigenvalue weighted by Crippen LogP contribution is -2.50. The number of piperazine rings is 1. The fourth-order valence-electron chi connectivity index (χ4n) is 2.84. The second-order valence-electron chi connectivity index (χ2n) is 6.48. The normalized spacial score (nSPS) is 19.0. The molecule has 0 aromatic heterocycles. The molecular weight excluding hydrogens is 306 g/mol. The zero-order valence-corrected chi connectivity index (χ0v) is 14.4. The number of amides is 1. The van der Waals surface area contributed by atoms with Gasteiger partial charge in [0.15, 0.2) is 0 Å². The fourth-order valence-corrected chi connectivity index (χ4v) is 2.84. The van der Waals surface area contributed by atoms with E-state index in [0.29, 0.717) is 19.2 Å². The summed E-state index contributed by atoms with van der Waals surface area (Å²) in [6, 6.07) is 8.11. The van der Waals surface area contributed by atoms with Crippen molar-refractivity contribution in [1.29, 1.82) is 0 Å².